The van der Waals surface area contributed by atoms with Crippen LogP contribution < -0.4 is 0 Å². The minimum atomic E-state index is -2.30. The molecule has 49 nitrogen and oxygen atoms in total. The van der Waals surface area contributed by atoms with Gasteiger partial charge in [-0.05, 0) is 152 Å². The summed E-state index contributed by atoms with van der Waals surface area (Å²) in [5.41, 5.74) is -8.73. The average molecular weight is 2160 g/mol. The summed E-state index contributed by atoms with van der Waals surface area (Å²) in [6.07, 6.45) is -68.0. The first-order chi connectivity index (χ1) is 70.3. The molecule has 0 aromatic rings. The van der Waals surface area contributed by atoms with Crippen molar-refractivity contribution in [1.29, 1.82) is 0 Å². The van der Waals surface area contributed by atoms with Gasteiger partial charge in [-0.2, -0.15) is 0 Å². The molecule has 858 valence electrons. The number of aliphatic hydroxyl groups excluding tert-OH is 26. The fourth-order valence-electron chi connectivity index (χ4n) is 25.4. The number of allylic oxidation sites excluding steroid dienone is 4. The van der Waals surface area contributed by atoms with E-state index < -0.39 is 390 Å². The minimum Gasteiger partial charge on any atom is -0.458 e. The molecule has 26 N–H and O–H groups in total. The summed E-state index contributed by atoms with van der Waals surface area (Å²) in [5.74, 6) is -4.71. The predicted octanol–water partition coefficient (Wildman–Crippen LogP) is -6.57. The Labute approximate surface area is 867 Å². The van der Waals surface area contributed by atoms with Gasteiger partial charge in [0.1, 0.15) is 182 Å². The van der Waals surface area contributed by atoms with E-state index in [1.54, 1.807) is 27.7 Å². The van der Waals surface area contributed by atoms with Crippen LogP contribution in [0.15, 0.2) is 60.3 Å². The Hall–Kier alpha value is -4.61. The van der Waals surface area contributed by atoms with E-state index in [0.717, 1.165) is 0 Å². The van der Waals surface area contributed by atoms with Crippen molar-refractivity contribution < 1.29 is 242 Å². The van der Waals surface area contributed by atoms with Crippen LogP contribution >= 0.6 is 0 Å². The molecule has 49 heteroatoms. The van der Waals surface area contributed by atoms with Gasteiger partial charge in [0.25, 0.3) is 0 Å². The molecule has 0 radical (unpaired) electrons. The highest BCUT2D eigenvalue weighted by Gasteiger charge is 2.75. The van der Waals surface area contributed by atoms with E-state index in [1.165, 1.54) is 52.0 Å². The van der Waals surface area contributed by atoms with Crippen LogP contribution in [-0.2, 0) is 109 Å². The molecule has 5 aliphatic carbocycles. The maximum absolute atomic E-state index is 16.9. The van der Waals surface area contributed by atoms with Crippen LogP contribution in [-0.4, -0.2) is 484 Å². The average Bonchev–Trinajstić information content (AvgIpc) is 0.711. The third kappa shape index (κ3) is 23.3. The normalized spacial score (nSPS) is 49.2. The lowest BCUT2D eigenvalue weighted by atomic mass is 9.33. The molecule has 0 amide bonds. The van der Waals surface area contributed by atoms with Crippen molar-refractivity contribution in [2.45, 2.75) is 455 Å². The Morgan fingerprint density at radius 1 is 0.427 bits per heavy atom. The highest BCUT2D eigenvalue weighted by atomic mass is 16.8. The van der Waals surface area contributed by atoms with Gasteiger partial charge in [-0.15, -0.1) is 13.2 Å². The van der Waals surface area contributed by atoms with E-state index in [-0.39, 0.29) is 68.1 Å². The molecule has 150 heavy (non-hydrogen) atoms. The van der Waals surface area contributed by atoms with Crippen LogP contribution in [0.4, 0.5) is 0 Å². The van der Waals surface area contributed by atoms with Crippen molar-refractivity contribution in [3.63, 3.8) is 0 Å². The Kier molecular flexibility index (Phi) is 38.4. The molecule has 0 spiro atoms. The lowest BCUT2D eigenvalue weighted by molar-refractivity contribution is -0.390. The van der Waals surface area contributed by atoms with Crippen molar-refractivity contribution in [2.75, 3.05) is 46.2 Å². The molecule has 9 heterocycles. The zero-order valence-electron chi connectivity index (χ0n) is 86.5. The number of fused-ring (bicyclic) bond motifs is 7. The van der Waals surface area contributed by atoms with Crippen molar-refractivity contribution in [2.24, 2.45) is 50.2 Å². The number of hydrogen-bond donors (Lipinski definition) is 26. The second kappa shape index (κ2) is 47.7. The van der Waals surface area contributed by atoms with Crippen molar-refractivity contribution in [3.05, 3.63) is 60.3 Å². The van der Waals surface area contributed by atoms with Gasteiger partial charge in [-0.25, -0.2) is 9.59 Å². The maximum atomic E-state index is 16.9. The summed E-state index contributed by atoms with van der Waals surface area (Å²) >= 11 is 0. The van der Waals surface area contributed by atoms with Crippen LogP contribution in [0.3, 0.4) is 0 Å². The molecule has 13 fully saturated rings. The van der Waals surface area contributed by atoms with Gasteiger partial charge in [0.2, 0.25) is 6.29 Å². The van der Waals surface area contributed by atoms with Gasteiger partial charge in [-0.1, -0.05) is 84.4 Å². The number of carbonyl (C=O) groups is 3. The quantitative estimate of drug-likeness (QED) is 0.00922. The number of aliphatic hydroxyl groups is 26. The molecule has 14 rings (SSSR count). The Balaban J connectivity index is 0.717. The van der Waals surface area contributed by atoms with E-state index in [2.05, 4.69) is 33.1 Å². The van der Waals surface area contributed by atoms with Crippen molar-refractivity contribution in [1.82, 2.24) is 0 Å². The number of hydrogen-bond acceptors (Lipinski definition) is 49. The zero-order chi connectivity index (χ0) is 110. The van der Waals surface area contributed by atoms with Gasteiger partial charge in [0.15, 0.2) is 62.5 Å². The monoisotopic (exact) mass is 2160 g/mol. The topological polar surface area (TPSA) is 762 Å². The SMILES string of the molecule is C=C[C@](C)(CC/C=C(\CO)C(=O)O[C@H]1C[C@]2(C(=O)O[C@H]3O[C@@H](CO)[C@H](O)[C@@H](O)[C@@H]3O[C@H]3O[C@@H](C)[C@H](O[C@H]4O[C@H](CO)[C@@H](O)[C@@H]4O)[C@@H](O[C@H]4O[C@@H](CO)[C@H](O)[C@@H](O)[C@@H]4O)[C@@H]3O)[C@@H](O)C[C@@]3(C)C(=CC[C@H]4[C@@]5(C)CC[C@@H](O[C@@H]6O[C@H](CO[C@H]7O[C@@H](C)[C@H](O)[C@@H](O)[C@@H]7O[C@H]7OC[C@H](O)[C@@H](O)[C@@H]7O)[C@@H](O)[C@H](O)[C@H]6O)C(C)(C)[C@H]5CC[C@@]43C)[C@@H]2CC1(C)C)O[C@H]1O[C@@H](C)[C@H](OC(=O)/C(C)=C/CC[C@@](C)(C=C)O[C@H]2OC[C@H](O)[C@@H](O)[C@@H]2O)[C@@H](O)[C@@H]1O. The number of ether oxygens (including phenoxy) is 20. The molecular formula is C101H160O49. The van der Waals surface area contributed by atoms with E-state index in [4.69, 9.17) is 94.7 Å². The number of esters is 3. The molecule has 9 saturated heterocycles. The molecule has 9 aliphatic heterocycles. The van der Waals surface area contributed by atoms with Gasteiger partial charge >= 0.3 is 17.9 Å². The zero-order valence-corrected chi connectivity index (χ0v) is 86.5. The third-order valence-electron chi connectivity index (χ3n) is 35.3. The fraction of sp³-hybridized carbons (Fsp3) is 0.871. The molecule has 4 saturated carbocycles. The van der Waals surface area contributed by atoms with E-state index in [1.807, 2.05) is 20.8 Å². The molecule has 14 aliphatic rings. The summed E-state index contributed by atoms with van der Waals surface area (Å²) in [5, 5.41) is 290. The first-order valence-corrected chi connectivity index (χ1v) is 51.8. The number of carbonyl (C=O) groups excluding carboxylic acids is 3. The van der Waals surface area contributed by atoms with E-state index >= 15 is 9.59 Å². The van der Waals surface area contributed by atoms with Crippen molar-refractivity contribution >= 4 is 17.9 Å². The van der Waals surface area contributed by atoms with Gasteiger partial charge in [0, 0.05) is 17.4 Å². The lowest BCUT2D eigenvalue weighted by Crippen LogP contribution is -2.70. The highest BCUT2D eigenvalue weighted by Crippen LogP contribution is 2.77. The van der Waals surface area contributed by atoms with E-state index in [9.17, 15) is 138 Å². The smallest absolute Gasteiger partial charge is 0.336 e. The summed E-state index contributed by atoms with van der Waals surface area (Å²) in [4.78, 5) is 45.7. The summed E-state index contributed by atoms with van der Waals surface area (Å²) < 4.78 is 121. The molecule has 0 bridgehead atoms. The second-order valence-electron chi connectivity index (χ2n) is 45.7. The Morgan fingerprint density at radius 2 is 0.887 bits per heavy atom. The largest absolute Gasteiger partial charge is 0.458 e. The minimum absolute atomic E-state index is 0.0577. The standard InChI is InChI=1S/C101H160O49/c1-16-96(11,149-85-71(122)60(111)48(107)38-132-85)26-18-20-40(3)82(128)143-77-42(5)136-90(75(126)69(77)120)150-97(12,17-2)27-19-21-44(33-102)83(129)141-57-32-101(93(130)148-92-81(68(119)62(113)50(35-104)139-92)147-89-76(127)79(145-88-74(125)65(116)61(112)49(34-103)137-88)78(43(6)135-89)144-87-72(123)63(114)51(36-105)138-87)46(30-94(57,7)8)45-22-23-54-98(13)28-25-56(95(9,10)53(98)24-29-99(54,14)100(45,15)31-55(101)108)142-86-73(124)66(117)64(115)52(140-86)39-133-91-80(67(118)58(109)41(4)134-91)146-84-70(121)59(110)47(106)37-131-84/h16-17,20-22,41-43,46-81,84-92,102-127H,1-2,18-19,23-39H2,3-15H3/b40-20+,44-21+/t41-,42-,43-,46-,47-,48-,49-,50-,51+,52+,53+,54-,55-,56+,57-,58-,59+,60+,61-,62-,63+,64+,65+,66-,67+,68+,69-,70-,71-,72-,73+,74-,75-,76-,77-,78-,79-,80-,81-,84+,85+,86-,87+,88+,89+,90+,91-,92+,96+,97+,98-,99-,100-,101+/m0/s1. The van der Waals surface area contributed by atoms with Crippen molar-refractivity contribution in [3.8, 4) is 0 Å². The van der Waals surface area contributed by atoms with Gasteiger partial charge in [0.05, 0.1) is 93.5 Å². The number of rotatable bonds is 35. The fourth-order valence-corrected chi connectivity index (χ4v) is 25.4. The first kappa shape index (κ1) is 121. The van der Waals surface area contributed by atoms with Gasteiger partial charge < -0.3 is 228 Å². The van der Waals surface area contributed by atoms with Crippen LogP contribution in [0.1, 0.15) is 167 Å². The summed E-state index contributed by atoms with van der Waals surface area (Å²) in [6.45, 7) is 25.5. The third-order valence-corrected chi connectivity index (χ3v) is 35.3. The maximum Gasteiger partial charge on any atom is 0.336 e. The Morgan fingerprint density at radius 3 is 1.48 bits per heavy atom. The Bertz CT molecular complexity index is 4630. The van der Waals surface area contributed by atoms with Crippen LogP contribution in [0.5, 0.6) is 0 Å². The molecule has 54 atom stereocenters. The second-order valence-corrected chi connectivity index (χ2v) is 45.7. The van der Waals surface area contributed by atoms with E-state index in [0.29, 0.717) is 37.7 Å². The first-order valence-electron chi connectivity index (χ1n) is 51.8. The molecule has 0 aromatic heterocycles. The highest BCUT2D eigenvalue weighted by molar-refractivity contribution is 5.89. The molecule has 0 aromatic carbocycles. The summed E-state index contributed by atoms with van der Waals surface area (Å²) in [7, 11) is 0. The van der Waals surface area contributed by atoms with Crippen LogP contribution in [0.2, 0.25) is 0 Å². The lowest BCUT2D eigenvalue weighted by Gasteiger charge is -2.72. The molecular weight excluding hydrogens is 2000 g/mol. The van der Waals surface area contributed by atoms with Gasteiger partial charge in [-0.3, -0.25) is 4.79 Å². The van der Waals surface area contributed by atoms with Crippen LogP contribution in [0.25, 0.3) is 0 Å². The predicted molar refractivity (Wildman–Crippen MR) is 503 cm³/mol. The molecule has 0 unspecified atom stereocenters. The summed E-state index contributed by atoms with van der Waals surface area (Å²) in [6, 6.07) is 0. The van der Waals surface area contributed by atoms with Crippen LogP contribution in [0, 0.1) is 50.2 Å².